The van der Waals surface area contributed by atoms with Crippen molar-refractivity contribution in [3.05, 3.63) is 0 Å². The number of rotatable bonds is 2. The Morgan fingerprint density at radius 2 is 2.00 bits per heavy atom. The van der Waals surface area contributed by atoms with Crippen LogP contribution in [0, 0.1) is 5.41 Å². The number of aliphatic hydroxyl groups excluding tert-OH is 1. The molecule has 0 aromatic carbocycles. The van der Waals surface area contributed by atoms with Gasteiger partial charge >= 0.3 is 0 Å². The largest absolute Gasteiger partial charge is 0.394 e. The van der Waals surface area contributed by atoms with Crippen LogP contribution in [0.3, 0.4) is 0 Å². The molecule has 0 aromatic rings. The average Bonchev–Trinajstić information content (AvgIpc) is 2.48. The average molecular weight is 254 g/mol. The molecule has 2 N–H and O–H groups in total. The van der Waals surface area contributed by atoms with Crippen molar-refractivity contribution in [2.75, 3.05) is 19.7 Å². The smallest absolute Gasteiger partial charge is 0.242 e. The summed E-state index contributed by atoms with van der Waals surface area (Å²) in [5.41, 5.74) is 0.0804. The fraction of sp³-hybridized carbons (Fsp3) is 0.929. The molecule has 4 heteroatoms. The summed E-state index contributed by atoms with van der Waals surface area (Å²) in [6, 6.07) is -0.0202. The van der Waals surface area contributed by atoms with E-state index in [4.69, 9.17) is 0 Å². The fourth-order valence-corrected chi connectivity index (χ4v) is 3.13. The molecule has 0 bridgehead atoms. The molecule has 1 amide bonds. The van der Waals surface area contributed by atoms with Gasteiger partial charge in [0.2, 0.25) is 5.91 Å². The number of hydrogen-bond acceptors (Lipinski definition) is 3. The van der Waals surface area contributed by atoms with Crippen molar-refractivity contribution in [2.24, 2.45) is 5.41 Å². The summed E-state index contributed by atoms with van der Waals surface area (Å²) in [6.45, 7) is 5.86. The molecule has 1 saturated carbocycles. The number of amides is 1. The van der Waals surface area contributed by atoms with Crippen molar-refractivity contribution in [2.45, 2.75) is 58.0 Å². The summed E-state index contributed by atoms with van der Waals surface area (Å²) in [5, 5.41) is 12.6. The maximum Gasteiger partial charge on any atom is 0.242 e. The van der Waals surface area contributed by atoms with Crippen LogP contribution in [0.4, 0.5) is 0 Å². The van der Waals surface area contributed by atoms with E-state index in [1.165, 1.54) is 19.3 Å². The third-order valence-electron chi connectivity index (χ3n) is 4.20. The summed E-state index contributed by atoms with van der Waals surface area (Å²) in [5.74, 6) is 0.0926. The second kappa shape index (κ2) is 5.57. The number of carbonyl (C=O) groups excluding carboxylic acids is 1. The Bertz CT molecular complexity index is 298. The minimum atomic E-state index is -0.409. The Morgan fingerprint density at radius 3 is 2.61 bits per heavy atom. The van der Waals surface area contributed by atoms with Gasteiger partial charge in [0.15, 0.2) is 0 Å². The number of carbonyl (C=O) groups is 1. The Labute approximate surface area is 110 Å². The van der Waals surface area contributed by atoms with Crippen molar-refractivity contribution < 1.29 is 9.90 Å². The van der Waals surface area contributed by atoms with E-state index in [1.807, 2.05) is 4.90 Å². The molecule has 2 fully saturated rings. The number of nitrogens with one attached hydrogen (secondary N) is 1. The lowest BCUT2D eigenvalue weighted by Gasteiger charge is -2.37. The fourth-order valence-electron chi connectivity index (χ4n) is 3.13. The SMILES string of the molecule is CC1(C)CNC(CO)C(=O)N(C2CCCCC2)C1. The maximum absolute atomic E-state index is 12.5. The van der Waals surface area contributed by atoms with Gasteiger partial charge in [-0.05, 0) is 18.3 Å². The van der Waals surface area contributed by atoms with Crippen LogP contribution in [0.15, 0.2) is 0 Å². The second-order valence-corrected chi connectivity index (χ2v) is 6.54. The van der Waals surface area contributed by atoms with Crippen LogP contribution in [0.2, 0.25) is 0 Å². The molecule has 1 unspecified atom stereocenters. The Kier molecular flexibility index (Phi) is 4.28. The third kappa shape index (κ3) is 3.04. The number of nitrogens with zero attached hydrogens (tertiary/aromatic N) is 1. The van der Waals surface area contributed by atoms with E-state index in [1.54, 1.807) is 0 Å². The van der Waals surface area contributed by atoms with Crippen molar-refractivity contribution in [3.8, 4) is 0 Å². The topological polar surface area (TPSA) is 52.6 Å². The predicted molar refractivity (Wildman–Crippen MR) is 71.2 cm³/mol. The van der Waals surface area contributed by atoms with Gasteiger partial charge in [-0.25, -0.2) is 0 Å². The van der Waals surface area contributed by atoms with E-state index in [0.29, 0.717) is 6.04 Å². The first-order chi connectivity index (χ1) is 8.53. The van der Waals surface area contributed by atoms with Crippen molar-refractivity contribution >= 4 is 5.91 Å². The first-order valence-corrected chi connectivity index (χ1v) is 7.18. The lowest BCUT2D eigenvalue weighted by atomic mass is 9.89. The first kappa shape index (κ1) is 13.8. The molecule has 0 radical (unpaired) electrons. The molecule has 1 aliphatic carbocycles. The molecule has 0 spiro atoms. The van der Waals surface area contributed by atoms with Crippen molar-refractivity contribution in [3.63, 3.8) is 0 Å². The summed E-state index contributed by atoms with van der Waals surface area (Å²) in [6.07, 6.45) is 6.00. The highest BCUT2D eigenvalue weighted by atomic mass is 16.3. The van der Waals surface area contributed by atoms with Crippen LogP contribution in [0.5, 0.6) is 0 Å². The monoisotopic (exact) mass is 254 g/mol. The predicted octanol–water partition coefficient (Wildman–Crippen LogP) is 1.14. The second-order valence-electron chi connectivity index (χ2n) is 6.54. The molecule has 2 rings (SSSR count). The van der Waals surface area contributed by atoms with Gasteiger partial charge in [-0.1, -0.05) is 33.1 Å². The van der Waals surface area contributed by atoms with E-state index in [2.05, 4.69) is 19.2 Å². The highest BCUT2D eigenvalue weighted by molar-refractivity contribution is 5.82. The van der Waals surface area contributed by atoms with Gasteiger partial charge in [0.1, 0.15) is 6.04 Å². The van der Waals surface area contributed by atoms with E-state index in [9.17, 15) is 9.90 Å². The minimum Gasteiger partial charge on any atom is -0.394 e. The van der Waals surface area contributed by atoms with Gasteiger partial charge in [0.05, 0.1) is 6.61 Å². The summed E-state index contributed by atoms with van der Waals surface area (Å²) < 4.78 is 0. The van der Waals surface area contributed by atoms with Crippen molar-refractivity contribution in [1.29, 1.82) is 0 Å². The van der Waals surface area contributed by atoms with Crippen LogP contribution < -0.4 is 5.32 Å². The Morgan fingerprint density at radius 1 is 1.33 bits per heavy atom. The summed E-state index contributed by atoms with van der Waals surface area (Å²) in [4.78, 5) is 14.5. The molecule has 2 aliphatic rings. The molecule has 0 aromatic heterocycles. The highest BCUT2D eigenvalue weighted by Gasteiger charge is 2.37. The Balaban J connectivity index is 2.14. The van der Waals surface area contributed by atoms with Crippen LogP contribution in [-0.4, -0.2) is 47.7 Å². The zero-order chi connectivity index (χ0) is 13.2. The molecular formula is C14H26N2O2. The van der Waals surface area contributed by atoms with Crippen LogP contribution in [-0.2, 0) is 4.79 Å². The van der Waals surface area contributed by atoms with E-state index < -0.39 is 6.04 Å². The quantitative estimate of drug-likeness (QED) is 0.777. The minimum absolute atomic E-state index is 0.0804. The molecule has 18 heavy (non-hydrogen) atoms. The van der Waals surface area contributed by atoms with Crippen LogP contribution >= 0.6 is 0 Å². The maximum atomic E-state index is 12.5. The highest BCUT2D eigenvalue weighted by Crippen LogP contribution is 2.28. The van der Waals surface area contributed by atoms with Gasteiger partial charge in [0.25, 0.3) is 0 Å². The lowest BCUT2D eigenvalue weighted by molar-refractivity contribution is -0.137. The van der Waals surface area contributed by atoms with Gasteiger partial charge in [-0.15, -0.1) is 0 Å². The lowest BCUT2D eigenvalue weighted by Crippen LogP contribution is -2.50. The Hall–Kier alpha value is -0.610. The number of hydrogen-bond donors (Lipinski definition) is 2. The summed E-state index contributed by atoms with van der Waals surface area (Å²) in [7, 11) is 0. The normalized spacial score (nSPS) is 30.3. The molecule has 1 aliphatic heterocycles. The van der Waals surface area contributed by atoms with Gasteiger partial charge in [0, 0.05) is 19.1 Å². The molecule has 4 nitrogen and oxygen atoms in total. The zero-order valence-electron chi connectivity index (χ0n) is 11.6. The van der Waals surface area contributed by atoms with E-state index >= 15 is 0 Å². The summed E-state index contributed by atoms with van der Waals surface area (Å²) >= 11 is 0. The molecule has 1 heterocycles. The van der Waals surface area contributed by atoms with Gasteiger partial charge in [-0.2, -0.15) is 0 Å². The standard InChI is InChI=1S/C14H26N2O2/c1-14(2)9-15-12(8-17)13(18)16(10-14)11-6-4-3-5-7-11/h11-12,15,17H,3-10H2,1-2H3. The molecule has 1 saturated heterocycles. The third-order valence-corrected chi connectivity index (χ3v) is 4.20. The van der Waals surface area contributed by atoms with E-state index in [0.717, 1.165) is 25.9 Å². The molecule has 104 valence electrons. The molecular weight excluding hydrogens is 228 g/mol. The number of aliphatic hydroxyl groups is 1. The molecule has 1 atom stereocenters. The first-order valence-electron chi connectivity index (χ1n) is 7.18. The van der Waals surface area contributed by atoms with Gasteiger partial charge in [-0.3, -0.25) is 4.79 Å². The zero-order valence-corrected chi connectivity index (χ0v) is 11.6. The van der Waals surface area contributed by atoms with E-state index in [-0.39, 0.29) is 17.9 Å². The van der Waals surface area contributed by atoms with Crippen LogP contribution in [0.1, 0.15) is 46.0 Å². The van der Waals surface area contributed by atoms with Gasteiger partial charge < -0.3 is 15.3 Å². The van der Waals surface area contributed by atoms with Crippen LogP contribution in [0.25, 0.3) is 0 Å². The van der Waals surface area contributed by atoms with Crippen molar-refractivity contribution in [1.82, 2.24) is 10.2 Å².